The van der Waals surface area contributed by atoms with E-state index >= 15 is 0 Å². The third-order valence-electron chi connectivity index (χ3n) is 4.32. The summed E-state index contributed by atoms with van der Waals surface area (Å²) in [7, 11) is 0. The highest BCUT2D eigenvalue weighted by Crippen LogP contribution is 2.36. The highest BCUT2D eigenvalue weighted by Gasteiger charge is 2.26. The first kappa shape index (κ1) is 20.0. The minimum Gasteiger partial charge on any atom is -0.440 e. The van der Waals surface area contributed by atoms with Crippen molar-refractivity contribution >= 4 is 22.6 Å². The Balaban J connectivity index is 1.99. The Morgan fingerprint density at radius 1 is 1.32 bits per heavy atom. The SMILES string of the molecule is C=CCO/N=C1\CCCc2oc(-c3sc(/C(C=C)=C/C=C\C)nc3CC)nc21. The minimum atomic E-state index is 0.380. The van der Waals surface area contributed by atoms with E-state index in [1.807, 2.05) is 31.2 Å². The van der Waals surface area contributed by atoms with Crippen LogP contribution in [0.25, 0.3) is 16.3 Å². The van der Waals surface area contributed by atoms with Crippen LogP contribution in [-0.4, -0.2) is 22.3 Å². The first-order valence-corrected chi connectivity index (χ1v) is 10.3. The van der Waals surface area contributed by atoms with Crippen molar-refractivity contribution in [3.05, 3.63) is 65.7 Å². The molecule has 0 radical (unpaired) electrons. The molecule has 0 bridgehead atoms. The first-order valence-electron chi connectivity index (χ1n) is 9.47. The molecular formula is C22H25N3O2S. The van der Waals surface area contributed by atoms with Gasteiger partial charge in [0.25, 0.3) is 0 Å². The van der Waals surface area contributed by atoms with E-state index in [0.29, 0.717) is 12.5 Å². The molecule has 0 unspecified atom stereocenters. The summed E-state index contributed by atoms with van der Waals surface area (Å²) in [6.07, 6.45) is 12.9. The van der Waals surface area contributed by atoms with Gasteiger partial charge in [0, 0.05) is 12.0 Å². The van der Waals surface area contributed by atoms with Crippen molar-refractivity contribution in [1.29, 1.82) is 0 Å². The quantitative estimate of drug-likeness (QED) is 0.247. The molecule has 2 aromatic heterocycles. The predicted molar refractivity (Wildman–Crippen MR) is 116 cm³/mol. The van der Waals surface area contributed by atoms with E-state index in [9.17, 15) is 0 Å². The topological polar surface area (TPSA) is 60.5 Å². The molecule has 146 valence electrons. The fourth-order valence-electron chi connectivity index (χ4n) is 2.94. The van der Waals surface area contributed by atoms with Gasteiger partial charge in [-0.1, -0.05) is 55.6 Å². The predicted octanol–water partition coefficient (Wildman–Crippen LogP) is 5.75. The Hall–Kier alpha value is -2.73. The normalized spacial score (nSPS) is 15.8. The van der Waals surface area contributed by atoms with Gasteiger partial charge in [-0.25, -0.2) is 9.97 Å². The lowest BCUT2D eigenvalue weighted by Gasteiger charge is -2.09. The van der Waals surface area contributed by atoms with Gasteiger partial charge in [-0.15, -0.1) is 11.3 Å². The maximum Gasteiger partial charge on any atom is 0.239 e. The van der Waals surface area contributed by atoms with E-state index in [-0.39, 0.29) is 0 Å². The van der Waals surface area contributed by atoms with Gasteiger partial charge in [-0.2, -0.15) is 0 Å². The van der Waals surface area contributed by atoms with Crippen molar-refractivity contribution in [2.45, 2.75) is 39.5 Å². The maximum atomic E-state index is 6.12. The minimum absolute atomic E-state index is 0.380. The second kappa shape index (κ2) is 9.46. The first-order chi connectivity index (χ1) is 13.7. The molecule has 0 spiro atoms. The molecular weight excluding hydrogens is 370 g/mol. The zero-order chi connectivity index (χ0) is 19.9. The Morgan fingerprint density at radius 3 is 2.89 bits per heavy atom. The number of thiazole rings is 1. The summed E-state index contributed by atoms with van der Waals surface area (Å²) in [5.74, 6) is 1.48. The van der Waals surface area contributed by atoms with E-state index in [1.165, 1.54) is 0 Å². The summed E-state index contributed by atoms with van der Waals surface area (Å²) in [6.45, 7) is 12.0. The molecule has 1 aliphatic rings. The fourth-order valence-corrected chi connectivity index (χ4v) is 4.04. The number of allylic oxidation sites excluding steroid dienone is 5. The van der Waals surface area contributed by atoms with Crippen molar-refractivity contribution in [1.82, 2.24) is 9.97 Å². The number of hydrogen-bond donors (Lipinski definition) is 0. The zero-order valence-corrected chi connectivity index (χ0v) is 17.2. The van der Waals surface area contributed by atoms with Gasteiger partial charge < -0.3 is 9.25 Å². The van der Waals surface area contributed by atoms with Crippen LogP contribution >= 0.6 is 11.3 Å². The molecule has 0 amide bonds. The zero-order valence-electron chi connectivity index (χ0n) is 16.4. The highest BCUT2D eigenvalue weighted by molar-refractivity contribution is 7.16. The summed E-state index contributed by atoms with van der Waals surface area (Å²) in [4.78, 5) is 15.8. The summed E-state index contributed by atoms with van der Waals surface area (Å²) in [5, 5.41) is 5.14. The molecule has 28 heavy (non-hydrogen) atoms. The number of aryl methyl sites for hydroxylation is 2. The summed E-state index contributed by atoms with van der Waals surface area (Å²) in [6, 6.07) is 0. The number of rotatable bonds is 8. The van der Waals surface area contributed by atoms with Crippen LogP contribution in [0, 0.1) is 0 Å². The monoisotopic (exact) mass is 395 g/mol. The number of fused-ring (bicyclic) bond motifs is 1. The van der Waals surface area contributed by atoms with Gasteiger partial charge >= 0.3 is 0 Å². The Bertz CT molecular complexity index is 947. The largest absolute Gasteiger partial charge is 0.440 e. The molecule has 0 saturated heterocycles. The molecule has 5 nitrogen and oxygen atoms in total. The van der Waals surface area contributed by atoms with Crippen LogP contribution in [0.4, 0.5) is 0 Å². The van der Waals surface area contributed by atoms with Crippen LogP contribution in [0.2, 0.25) is 0 Å². The number of aromatic nitrogens is 2. The summed E-state index contributed by atoms with van der Waals surface area (Å²) >= 11 is 1.58. The lowest BCUT2D eigenvalue weighted by atomic mass is 10.0. The third kappa shape index (κ3) is 4.22. The van der Waals surface area contributed by atoms with Gasteiger partial charge in [0.05, 0.1) is 5.69 Å². The summed E-state index contributed by atoms with van der Waals surface area (Å²) in [5.41, 5.74) is 3.60. The average molecular weight is 396 g/mol. The van der Waals surface area contributed by atoms with Crippen LogP contribution in [0.5, 0.6) is 0 Å². The van der Waals surface area contributed by atoms with Crippen LogP contribution < -0.4 is 0 Å². The second-order valence-corrected chi connectivity index (χ2v) is 7.27. The van der Waals surface area contributed by atoms with Crippen molar-refractivity contribution in [3.63, 3.8) is 0 Å². The smallest absolute Gasteiger partial charge is 0.239 e. The van der Waals surface area contributed by atoms with E-state index < -0.39 is 0 Å². The molecule has 0 atom stereocenters. The lowest BCUT2D eigenvalue weighted by Crippen LogP contribution is -2.11. The van der Waals surface area contributed by atoms with Gasteiger partial charge in [0.2, 0.25) is 5.89 Å². The number of oxazole rings is 1. The van der Waals surface area contributed by atoms with Crippen LogP contribution in [0.1, 0.15) is 48.8 Å². The molecule has 3 rings (SSSR count). The van der Waals surface area contributed by atoms with Crippen molar-refractivity contribution in [2.24, 2.45) is 5.16 Å². The number of hydrogen-bond acceptors (Lipinski definition) is 6. The van der Waals surface area contributed by atoms with Crippen LogP contribution in [-0.2, 0) is 17.7 Å². The maximum absolute atomic E-state index is 6.12. The Kier molecular flexibility index (Phi) is 6.76. The molecule has 2 aromatic rings. The number of nitrogens with zero attached hydrogens (tertiary/aromatic N) is 3. The van der Waals surface area contributed by atoms with E-state index in [4.69, 9.17) is 19.2 Å². The van der Waals surface area contributed by atoms with Crippen molar-refractivity contribution < 1.29 is 9.25 Å². The Morgan fingerprint density at radius 2 is 2.18 bits per heavy atom. The Labute approximate surface area is 169 Å². The molecule has 0 saturated carbocycles. The molecule has 6 heteroatoms. The number of oxime groups is 1. The van der Waals surface area contributed by atoms with Gasteiger partial charge in [0.1, 0.15) is 33.7 Å². The van der Waals surface area contributed by atoms with E-state index in [2.05, 4.69) is 25.2 Å². The lowest BCUT2D eigenvalue weighted by molar-refractivity contribution is 0.174. The summed E-state index contributed by atoms with van der Waals surface area (Å²) < 4.78 is 6.12. The van der Waals surface area contributed by atoms with Crippen molar-refractivity contribution in [3.8, 4) is 10.8 Å². The third-order valence-corrected chi connectivity index (χ3v) is 5.45. The molecule has 1 aliphatic carbocycles. The standard InChI is InChI=1S/C22H25N3O2S/c1-5-9-11-15(7-3)22-23-16(8-4)20(28-22)21-24-19-17(25-26-14-6-2)12-10-13-18(19)27-21/h5-7,9,11H,2-3,8,10,12-14H2,1,4H3/b9-5-,15-11+,25-17+. The van der Waals surface area contributed by atoms with Gasteiger partial charge in [-0.05, 0) is 26.2 Å². The molecule has 2 heterocycles. The van der Waals surface area contributed by atoms with Crippen LogP contribution in [0.3, 0.4) is 0 Å². The molecule has 0 aliphatic heterocycles. The molecule has 0 N–H and O–H groups in total. The van der Waals surface area contributed by atoms with Crippen LogP contribution in [0.15, 0.2) is 53.1 Å². The van der Waals surface area contributed by atoms with Gasteiger partial charge in [0.15, 0.2) is 0 Å². The van der Waals surface area contributed by atoms with Gasteiger partial charge in [-0.3, -0.25) is 0 Å². The van der Waals surface area contributed by atoms with E-state index in [1.54, 1.807) is 17.4 Å². The highest BCUT2D eigenvalue weighted by atomic mass is 32.1. The van der Waals surface area contributed by atoms with Crippen molar-refractivity contribution in [2.75, 3.05) is 6.61 Å². The molecule has 0 fully saturated rings. The van der Waals surface area contributed by atoms with E-state index in [0.717, 1.165) is 64.0 Å². The fraction of sp³-hybridized carbons (Fsp3) is 0.318. The second-order valence-electron chi connectivity index (χ2n) is 6.27. The molecule has 0 aromatic carbocycles. The average Bonchev–Trinajstić information content (AvgIpc) is 3.33.